The van der Waals surface area contributed by atoms with E-state index in [9.17, 15) is 9.59 Å². The van der Waals surface area contributed by atoms with Crippen molar-refractivity contribution in [2.75, 3.05) is 13.1 Å². The molecule has 1 atom stereocenters. The smallest absolute Gasteiger partial charge is 0.225 e. The fourth-order valence-electron chi connectivity index (χ4n) is 3.05. The number of hydrogen-bond donors (Lipinski definition) is 1. The van der Waals surface area contributed by atoms with Crippen LogP contribution in [0, 0.1) is 12.8 Å². The topological polar surface area (TPSA) is 49.4 Å². The first-order valence-corrected chi connectivity index (χ1v) is 8.41. The van der Waals surface area contributed by atoms with Gasteiger partial charge in [-0.3, -0.25) is 9.59 Å². The Morgan fingerprint density at radius 3 is 2.70 bits per heavy atom. The molecule has 0 spiro atoms. The first kappa shape index (κ1) is 17.5. The van der Waals surface area contributed by atoms with Crippen LogP contribution in [0.5, 0.6) is 0 Å². The van der Waals surface area contributed by atoms with Crippen LogP contribution in [0.25, 0.3) is 0 Å². The summed E-state index contributed by atoms with van der Waals surface area (Å²) in [6, 6.07) is 8.45. The minimum Gasteiger partial charge on any atom is -0.356 e. The van der Waals surface area contributed by atoms with Gasteiger partial charge in [0.15, 0.2) is 0 Å². The van der Waals surface area contributed by atoms with Gasteiger partial charge in [0.1, 0.15) is 0 Å². The Morgan fingerprint density at radius 2 is 2.09 bits per heavy atom. The molecule has 0 aromatic heterocycles. The molecule has 0 unspecified atom stereocenters. The molecule has 4 heteroatoms. The molecule has 0 saturated carbocycles. The maximum atomic E-state index is 12.2. The van der Waals surface area contributed by atoms with E-state index in [4.69, 9.17) is 0 Å². The minimum atomic E-state index is -0.211. The van der Waals surface area contributed by atoms with Gasteiger partial charge in [0.05, 0.1) is 5.92 Å². The van der Waals surface area contributed by atoms with E-state index in [1.807, 2.05) is 25.7 Å². The fourth-order valence-corrected chi connectivity index (χ4v) is 3.05. The Bertz CT molecular complexity index is 575. The number of aryl methyl sites for hydroxylation is 2. The van der Waals surface area contributed by atoms with Gasteiger partial charge < -0.3 is 10.2 Å². The van der Waals surface area contributed by atoms with Gasteiger partial charge in [0.25, 0.3) is 0 Å². The monoisotopic (exact) mass is 316 g/mol. The molecule has 0 radical (unpaired) electrons. The first-order chi connectivity index (χ1) is 10.8. The molecule has 1 fully saturated rings. The van der Waals surface area contributed by atoms with E-state index in [0.717, 1.165) is 12.8 Å². The Labute approximate surface area is 139 Å². The van der Waals surface area contributed by atoms with E-state index in [0.29, 0.717) is 19.5 Å². The summed E-state index contributed by atoms with van der Waals surface area (Å²) in [7, 11) is 0. The second-order valence-corrected chi connectivity index (χ2v) is 7.46. The van der Waals surface area contributed by atoms with Crippen molar-refractivity contribution in [2.24, 2.45) is 5.92 Å². The zero-order valence-electron chi connectivity index (χ0n) is 14.7. The second kappa shape index (κ2) is 7.16. The number of amides is 2. The van der Waals surface area contributed by atoms with Gasteiger partial charge >= 0.3 is 0 Å². The highest BCUT2D eigenvalue weighted by atomic mass is 16.2. The minimum absolute atomic E-state index is 0.00865. The van der Waals surface area contributed by atoms with Gasteiger partial charge in [0.2, 0.25) is 11.8 Å². The van der Waals surface area contributed by atoms with Gasteiger partial charge in [-0.1, -0.05) is 29.8 Å². The van der Waals surface area contributed by atoms with Crippen LogP contribution in [0.2, 0.25) is 0 Å². The van der Waals surface area contributed by atoms with Crippen LogP contribution in [-0.4, -0.2) is 35.3 Å². The molecule has 1 saturated heterocycles. The molecule has 23 heavy (non-hydrogen) atoms. The predicted molar refractivity (Wildman–Crippen MR) is 92.1 cm³/mol. The molecule has 2 rings (SSSR count). The van der Waals surface area contributed by atoms with Crippen LogP contribution >= 0.6 is 0 Å². The molecular formula is C19H28N2O2. The number of carbonyl (C=O) groups is 2. The number of nitrogens with zero attached hydrogens (tertiary/aromatic N) is 1. The third-order valence-electron chi connectivity index (χ3n) is 4.33. The average Bonchev–Trinajstić information content (AvgIpc) is 2.86. The number of likely N-dealkylation sites (tertiary alicyclic amines) is 1. The van der Waals surface area contributed by atoms with E-state index in [2.05, 4.69) is 36.5 Å². The third kappa shape index (κ3) is 4.81. The van der Waals surface area contributed by atoms with Gasteiger partial charge in [-0.15, -0.1) is 0 Å². The van der Waals surface area contributed by atoms with E-state index in [-0.39, 0.29) is 23.3 Å². The molecule has 4 nitrogen and oxygen atoms in total. The van der Waals surface area contributed by atoms with E-state index in [1.165, 1.54) is 11.1 Å². The Balaban J connectivity index is 1.74. The number of benzene rings is 1. The molecule has 1 N–H and O–H groups in total. The van der Waals surface area contributed by atoms with Crippen molar-refractivity contribution in [1.82, 2.24) is 10.2 Å². The van der Waals surface area contributed by atoms with Crippen molar-refractivity contribution < 1.29 is 9.59 Å². The summed E-state index contributed by atoms with van der Waals surface area (Å²) in [5.41, 5.74) is 2.35. The molecule has 126 valence electrons. The average molecular weight is 316 g/mol. The summed E-state index contributed by atoms with van der Waals surface area (Å²) in [6.07, 6.45) is 2.21. The van der Waals surface area contributed by atoms with Crippen molar-refractivity contribution in [3.05, 3.63) is 35.4 Å². The highest BCUT2D eigenvalue weighted by Gasteiger charge is 2.39. The predicted octanol–water partition coefficient (Wildman–Crippen LogP) is 2.69. The normalized spacial score (nSPS) is 18.3. The molecule has 1 aliphatic heterocycles. The van der Waals surface area contributed by atoms with Crippen molar-refractivity contribution >= 4 is 11.8 Å². The van der Waals surface area contributed by atoms with Crippen molar-refractivity contribution in [1.29, 1.82) is 0 Å². The maximum absolute atomic E-state index is 12.2. The Kier molecular flexibility index (Phi) is 5.45. The van der Waals surface area contributed by atoms with Crippen LogP contribution in [0.3, 0.4) is 0 Å². The standard InChI is InChI=1S/C19H28N2O2/c1-14-7-5-8-15(11-14)9-6-10-20-18(23)16-12-17(22)21(13-16)19(2,3)4/h5,7-8,11,16H,6,9-10,12-13H2,1-4H3,(H,20,23)/t16-/m0/s1. The SMILES string of the molecule is Cc1cccc(CCCNC(=O)[C@H]2CC(=O)N(C(C)(C)C)C2)c1. The van der Waals surface area contributed by atoms with E-state index >= 15 is 0 Å². The Hall–Kier alpha value is -1.84. The van der Waals surface area contributed by atoms with E-state index in [1.54, 1.807) is 0 Å². The summed E-state index contributed by atoms with van der Waals surface area (Å²) in [5, 5.41) is 2.98. The fraction of sp³-hybridized carbons (Fsp3) is 0.579. The lowest BCUT2D eigenvalue weighted by atomic mass is 10.1. The van der Waals surface area contributed by atoms with Crippen LogP contribution in [0.15, 0.2) is 24.3 Å². The molecule has 1 aromatic rings. The molecule has 1 aromatic carbocycles. The van der Waals surface area contributed by atoms with Crippen LogP contribution < -0.4 is 5.32 Å². The number of carbonyl (C=O) groups excluding carboxylic acids is 2. The van der Waals surface area contributed by atoms with Gasteiger partial charge in [-0.2, -0.15) is 0 Å². The lowest BCUT2D eigenvalue weighted by Crippen LogP contribution is -2.43. The number of hydrogen-bond acceptors (Lipinski definition) is 2. The molecule has 1 heterocycles. The second-order valence-electron chi connectivity index (χ2n) is 7.46. The summed E-state index contributed by atoms with van der Waals surface area (Å²) in [6.45, 7) is 9.30. The summed E-state index contributed by atoms with van der Waals surface area (Å²) < 4.78 is 0. The van der Waals surface area contributed by atoms with Crippen molar-refractivity contribution in [3.63, 3.8) is 0 Å². The lowest BCUT2D eigenvalue weighted by Gasteiger charge is -2.31. The van der Waals surface area contributed by atoms with E-state index < -0.39 is 0 Å². The summed E-state index contributed by atoms with van der Waals surface area (Å²) in [4.78, 5) is 26.1. The van der Waals surface area contributed by atoms with Crippen LogP contribution in [-0.2, 0) is 16.0 Å². The summed E-state index contributed by atoms with van der Waals surface area (Å²) >= 11 is 0. The lowest BCUT2D eigenvalue weighted by molar-refractivity contribution is -0.132. The molecule has 0 aliphatic carbocycles. The maximum Gasteiger partial charge on any atom is 0.225 e. The quantitative estimate of drug-likeness (QED) is 0.849. The summed E-state index contributed by atoms with van der Waals surface area (Å²) in [5.74, 6) is -0.118. The zero-order valence-corrected chi connectivity index (χ0v) is 14.7. The highest BCUT2D eigenvalue weighted by molar-refractivity contribution is 5.89. The first-order valence-electron chi connectivity index (χ1n) is 8.41. The highest BCUT2D eigenvalue weighted by Crippen LogP contribution is 2.25. The number of nitrogens with one attached hydrogen (secondary N) is 1. The van der Waals surface area contributed by atoms with Crippen LogP contribution in [0.4, 0.5) is 0 Å². The van der Waals surface area contributed by atoms with Gasteiger partial charge in [0, 0.05) is 25.0 Å². The third-order valence-corrected chi connectivity index (χ3v) is 4.33. The molecule has 1 aliphatic rings. The molecule has 0 bridgehead atoms. The zero-order chi connectivity index (χ0) is 17.0. The van der Waals surface area contributed by atoms with Crippen molar-refractivity contribution in [3.8, 4) is 0 Å². The Morgan fingerprint density at radius 1 is 1.35 bits per heavy atom. The largest absolute Gasteiger partial charge is 0.356 e. The molecular weight excluding hydrogens is 288 g/mol. The van der Waals surface area contributed by atoms with Gasteiger partial charge in [-0.25, -0.2) is 0 Å². The number of rotatable bonds is 5. The molecule has 2 amide bonds. The van der Waals surface area contributed by atoms with Crippen molar-refractivity contribution in [2.45, 2.75) is 52.5 Å². The van der Waals surface area contributed by atoms with Crippen LogP contribution in [0.1, 0.15) is 44.7 Å². The van der Waals surface area contributed by atoms with Gasteiger partial charge in [-0.05, 0) is 46.1 Å².